The average molecular weight is 309 g/mol. The highest BCUT2D eigenvalue weighted by molar-refractivity contribution is 8.01. The Morgan fingerprint density at radius 1 is 1.30 bits per heavy atom. The lowest BCUT2D eigenvalue weighted by molar-refractivity contribution is 0.340. The Morgan fingerprint density at radius 3 is 2.70 bits per heavy atom. The topological polar surface area (TPSA) is 47.0 Å². The number of hydrogen-bond donors (Lipinski definition) is 1. The van der Waals surface area contributed by atoms with Crippen molar-refractivity contribution in [3.05, 3.63) is 35.3 Å². The van der Waals surface area contributed by atoms with E-state index in [1.54, 1.807) is 28.6 Å². The summed E-state index contributed by atoms with van der Waals surface area (Å²) in [5, 5.41) is 11.4. The number of nitrogens with zero attached hydrogens (tertiary/aromatic N) is 2. The van der Waals surface area contributed by atoms with E-state index in [1.165, 1.54) is 5.56 Å². The number of hydrogen-bond acceptors (Lipinski definition) is 6. The molecule has 1 aromatic heterocycles. The Bertz CT molecular complexity index is 488. The Kier molecular flexibility index (Phi) is 6.29. The van der Waals surface area contributed by atoms with Crippen molar-refractivity contribution in [2.45, 2.75) is 24.2 Å². The molecule has 0 aliphatic carbocycles. The molecule has 1 unspecified atom stereocenters. The van der Waals surface area contributed by atoms with Crippen molar-refractivity contribution >= 4 is 23.1 Å². The summed E-state index contributed by atoms with van der Waals surface area (Å²) in [6.07, 6.45) is 0. The summed E-state index contributed by atoms with van der Waals surface area (Å²) in [6, 6.07) is 8.61. The van der Waals surface area contributed by atoms with Gasteiger partial charge >= 0.3 is 0 Å². The summed E-state index contributed by atoms with van der Waals surface area (Å²) < 4.78 is 6.49. The van der Waals surface area contributed by atoms with E-state index in [0.717, 1.165) is 22.4 Å². The predicted octanol–water partition coefficient (Wildman–Crippen LogP) is 3.38. The maximum atomic E-state index is 5.48. The standard InChI is InChI=1S/C14H19N3OS2/c1-3-15-13(9-19-14-17-16-10-20-14)11-5-7-12(8-6-11)18-4-2/h5-8,10,13,15H,3-4,9H2,1-2H3. The Morgan fingerprint density at radius 2 is 2.10 bits per heavy atom. The van der Waals surface area contributed by atoms with Gasteiger partial charge in [-0.05, 0) is 31.2 Å². The van der Waals surface area contributed by atoms with Crippen LogP contribution < -0.4 is 10.1 Å². The van der Waals surface area contributed by atoms with E-state index >= 15 is 0 Å². The highest BCUT2D eigenvalue weighted by Crippen LogP contribution is 2.26. The van der Waals surface area contributed by atoms with Crippen LogP contribution in [0.2, 0.25) is 0 Å². The van der Waals surface area contributed by atoms with Gasteiger partial charge in [-0.1, -0.05) is 42.2 Å². The first-order valence-electron chi connectivity index (χ1n) is 6.68. The van der Waals surface area contributed by atoms with Gasteiger partial charge in [0, 0.05) is 11.8 Å². The van der Waals surface area contributed by atoms with E-state index in [0.29, 0.717) is 12.6 Å². The number of aromatic nitrogens is 2. The lowest BCUT2D eigenvalue weighted by atomic mass is 10.1. The molecule has 1 atom stereocenters. The average Bonchev–Trinajstić information content (AvgIpc) is 2.98. The first-order valence-corrected chi connectivity index (χ1v) is 8.55. The monoisotopic (exact) mass is 309 g/mol. The molecule has 2 rings (SSSR count). The summed E-state index contributed by atoms with van der Waals surface area (Å²) in [6.45, 7) is 5.75. The van der Waals surface area contributed by atoms with E-state index in [9.17, 15) is 0 Å². The van der Waals surface area contributed by atoms with Crippen LogP contribution in [0.1, 0.15) is 25.5 Å². The fourth-order valence-corrected chi connectivity index (χ4v) is 3.47. The first-order chi connectivity index (χ1) is 9.83. The van der Waals surface area contributed by atoms with Crippen LogP contribution in [-0.4, -0.2) is 29.1 Å². The van der Waals surface area contributed by atoms with Gasteiger partial charge in [0.15, 0.2) is 4.34 Å². The Labute approximate surface area is 128 Å². The second-order valence-corrected chi connectivity index (χ2v) is 6.23. The number of ether oxygens (including phenoxy) is 1. The summed E-state index contributed by atoms with van der Waals surface area (Å²) >= 11 is 3.32. The molecule has 0 saturated carbocycles. The number of nitrogens with one attached hydrogen (secondary N) is 1. The molecular weight excluding hydrogens is 290 g/mol. The highest BCUT2D eigenvalue weighted by atomic mass is 32.2. The lowest BCUT2D eigenvalue weighted by Crippen LogP contribution is -2.22. The van der Waals surface area contributed by atoms with Crippen LogP contribution in [-0.2, 0) is 0 Å². The maximum Gasteiger partial charge on any atom is 0.174 e. The molecule has 0 aliphatic rings. The van der Waals surface area contributed by atoms with Crippen LogP contribution in [0, 0.1) is 0 Å². The van der Waals surface area contributed by atoms with Crippen LogP contribution in [0.3, 0.4) is 0 Å². The second-order valence-electron chi connectivity index (χ2n) is 4.13. The zero-order chi connectivity index (χ0) is 14.2. The minimum atomic E-state index is 0.310. The fourth-order valence-electron chi connectivity index (χ4n) is 1.86. The lowest BCUT2D eigenvalue weighted by Gasteiger charge is -2.17. The van der Waals surface area contributed by atoms with Crippen LogP contribution in [0.5, 0.6) is 5.75 Å². The molecule has 6 heteroatoms. The van der Waals surface area contributed by atoms with Crippen molar-refractivity contribution in [3.8, 4) is 5.75 Å². The van der Waals surface area contributed by atoms with Gasteiger partial charge < -0.3 is 10.1 Å². The molecule has 4 nitrogen and oxygen atoms in total. The third kappa shape index (κ3) is 4.47. The molecule has 20 heavy (non-hydrogen) atoms. The van der Waals surface area contributed by atoms with E-state index in [4.69, 9.17) is 4.74 Å². The SMILES string of the molecule is CCNC(CSc1nncs1)c1ccc(OCC)cc1. The van der Waals surface area contributed by atoms with Crippen molar-refractivity contribution in [3.63, 3.8) is 0 Å². The molecular formula is C14H19N3OS2. The van der Waals surface area contributed by atoms with E-state index in [1.807, 2.05) is 19.1 Å². The summed E-state index contributed by atoms with van der Waals surface area (Å²) in [4.78, 5) is 0. The van der Waals surface area contributed by atoms with Gasteiger partial charge in [0.25, 0.3) is 0 Å². The Balaban J connectivity index is 1.99. The fraction of sp³-hybridized carbons (Fsp3) is 0.429. The van der Waals surface area contributed by atoms with Gasteiger partial charge in [-0.3, -0.25) is 0 Å². The molecule has 0 radical (unpaired) electrons. The van der Waals surface area contributed by atoms with Crippen molar-refractivity contribution in [1.29, 1.82) is 0 Å². The normalized spacial score (nSPS) is 12.3. The van der Waals surface area contributed by atoms with Crippen molar-refractivity contribution in [1.82, 2.24) is 15.5 Å². The summed E-state index contributed by atoms with van der Waals surface area (Å²) in [7, 11) is 0. The van der Waals surface area contributed by atoms with Crippen molar-refractivity contribution < 1.29 is 4.74 Å². The minimum Gasteiger partial charge on any atom is -0.494 e. The van der Waals surface area contributed by atoms with Crippen LogP contribution in [0.4, 0.5) is 0 Å². The van der Waals surface area contributed by atoms with Gasteiger partial charge in [0.05, 0.1) is 6.61 Å². The molecule has 0 fully saturated rings. The first kappa shape index (κ1) is 15.3. The third-order valence-corrected chi connectivity index (χ3v) is 4.71. The van der Waals surface area contributed by atoms with Gasteiger partial charge in [-0.2, -0.15) is 0 Å². The van der Waals surface area contributed by atoms with Gasteiger partial charge in [0.1, 0.15) is 11.3 Å². The van der Waals surface area contributed by atoms with E-state index in [2.05, 4.69) is 34.6 Å². The third-order valence-electron chi connectivity index (χ3n) is 2.76. The molecule has 0 bridgehead atoms. The molecule has 0 spiro atoms. The van der Waals surface area contributed by atoms with Gasteiger partial charge in [-0.15, -0.1) is 10.2 Å². The molecule has 0 amide bonds. The van der Waals surface area contributed by atoms with Crippen molar-refractivity contribution in [2.24, 2.45) is 0 Å². The molecule has 2 aromatic rings. The predicted molar refractivity (Wildman–Crippen MR) is 84.7 cm³/mol. The molecule has 0 saturated heterocycles. The minimum absolute atomic E-state index is 0.310. The molecule has 0 aliphatic heterocycles. The molecule has 1 N–H and O–H groups in total. The van der Waals surface area contributed by atoms with E-state index < -0.39 is 0 Å². The second kappa shape index (κ2) is 8.24. The Hall–Kier alpha value is -1.11. The molecule has 1 heterocycles. The number of rotatable bonds is 8. The van der Waals surface area contributed by atoms with Crippen LogP contribution in [0.25, 0.3) is 0 Å². The smallest absolute Gasteiger partial charge is 0.174 e. The summed E-state index contributed by atoms with van der Waals surface area (Å²) in [5.41, 5.74) is 3.04. The molecule has 108 valence electrons. The quantitative estimate of drug-likeness (QED) is 0.758. The largest absolute Gasteiger partial charge is 0.494 e. The number of benzene rings is 1. The number of thioether (sulfide) groups is 1. The van der Waals surface area contributed by atoms with E-state index in [-0.39, 0.29) is 0 Å². The summed E-state index contributed by atoms with van der Waals surface area (Å²) in [5.74, 6) is 1.86. The van der Waals surface area contributed by atoms with Gasteiger partial charge in [0.2, 0.25) is 0 Å². The van der Waals surface area contributed by atoms with Crippen LogP contribution in [0.15, 0.2) is 34.1 Å². The zero-order valence-corrected chi connectivity index (χ0v) is 13.3. The van der Waals surface area contributed by atoms with Gasteiger partial charge in [-0.25, -0.2) is 0 Å². The zero-order valence-electron chi connectivity index (χ0n) is 11.7. The van der Waals surface area contributed by atoms with Crippen molar-refractivity contribution in [2.75, 3.05) is 18.9 Å². The van der Waals surface area contributed by atoms with Crippen LogP contribution >= 0.6 is 23.1 Å². The maximum absolute atomic E-state index is 5.48. The molecule has 1 aromatic carbocycles. The highest BCUT2D eigenvalue weighted by Gasteiger charge is 2.12.